The molecule has 0 saturated heterocycles. The summed E-state index contributed by atoms with van der Waals surface area (Å²) in [4.78, 5) is 26.1. The van der Waals surface area contributed by atoms with E-state index in [2.05, 4.69) is 10.3 Å². The summed E-state index contributed by atoms with van der Waals surface area (Å²) in [6.45, 7) is 0.359. The van der Waals surface area contributed by atoms with Gasteiger partial charge in [-0.1, -0.05) is 0 Å². The van der Waals surface area contributed by atoms with Gasteiger partial charge in [0, 0.05) is 26.4 Å². The molecule has 2 rings (SSSR count). The van der Waals surface area contributed by atoms with Crippen LogP contribution in [0, 0.1) is 5.82 Å². The van der Waals surface area contributed by atoms with Crippen LogP contribution in [0.4, 0.5) is 4.39 Å². The van der Waals surface area contributed by atoms with E-state index in [-0.39, 0.29) is 24.6 Å². The second-order valence-corrected chi connectivity index (χ2v) is 4.71. The minimum atomic E-state index is -0.998. The first-order valence-corrected chi connectivity index (χ1v) is 6.56. The number of rotatable bonds is 6. The van der Waals surface area contributed by atoms with Gasteiger partial charge in [0.15, 0.2) is 0 Å². The quantitative estimate of drug-likeness (QED) is 0.839. The Morgan fingerprint density at radius 3 is 2.86 bits per heavy atom. The second kappa shape index (κ2) is 6.34. The first-order chi connectivity index (χ1) is 9.97. The average molecular weight is 293 g/mol. The van der Waals surface area contributed by atoms with Gasteiger partial charge in [-0.2, -0.15) is 0 Å². The molecule has 0 unspecified atom stereocenters. The highest BCUT2D eigenvalue weighted by atomic mass is 19.1. The number of aliphatic carboxylic acids is 1. The van der Waals surface area contributed by atoms with Gasteiger partial charge in [-0.15, -0.1) is 0 Å². The van der Waals surface area contributed by atoms with E-state index in [4.69, 9.17) is 5.11 Å². The lowest BCUT2D eigenvalue weighted by molar-refractivity contribution is -0.138. The minimum Gasteiger partial charge on any atom is -0.481 e. The molecule has 2 N–H and O–H groups in total. The van der Waals surface area contributed by atoms with Crippen molar-refractivity contribution in [2.24, 2.45) is 7.05 Å². The maximum Gasteiger partial charge on any atom is 0.303 e. The fraction of sp³-hybridized carbons (Fsp3) is 0.357. The van der Waals surface area contributed by atoms with Gasteiger partial charge in [0.1, 0.15) is 11.6 Å². The monoisotopic (exact) mass is 293 g/mol. The van der Waals surface area contributed by atoms with Crippen LogP contribution >= 0.6 is 0 Å². The van der Waals surface area contributed by atoms with Crippen molar-refractivity contribution < 1.29 is 19.1 Å². The Balaban J connectivity index is 1.93. The molecule has 0 aliphatic rings. The minimum absolute atomic E-state index is 0.0386. The maximum absolute atomic E-state index is 13.2. The molecule has 0 atom stereocenters. The number of aryl methyl sites for hydroxylation is 1. The molecule has 112 valence electrons. The predicted octanol–water partition coefficient (Wildman–Crippen LogP) is 1.24. The smallest absolute Gasteiger partial charge is 0.303 e. The van der Waals surface area contributed by atoms with Gasteiger partial charge in [0.25, 0.3) is 0 Å². The van der Waals surface area contributed by atoms with Crippen LogP contribution in [0.15, 0.2) is 18.2 Å². The summed E-state index contributed by atoms with van der Waals surface area (Å²) in [6.07, 6.45) is 0.270. The number of carboxylic acids is 1. The Morgan fingerprint density at radius 2 is 2.14 bits per heavy atom. The van der Waals surface area contributed by atoms with Gasteiger partial charge in [-0.05, 0) is 18.2 Å². The number of imidazole rings is 1. The molecular formula is C14H16FN3O3. The van der Waals surface area contributed by atoms with Crippen LogP contribution in [0.5, 0.6) is 0 Å². The molecule has 21 heavy (non-hydrogen) atoms. The highest BCUT2D eigenvalue weighted by Gasteiger charge is 2.09. The molecule has 0 radical (unpaired) electrons. The van der Waals surface area contributed by atoms with Crippen molar-refractivity contribution >= 4 is 22.9 Å². The zero-order valence-corrected chi connectivity index (χ0v) is 11.6. The Kier molecular flexibility index (Phi) is 4.52. The van der Waals surface area contributed by atoms with Crippen molar-refractivity contribution in [1.29, 1.82) is 0 Å². The van der Waals surface area contributed by atoms with Crippen molar-refractivity contribution in [3.63, 3.8) is 0 Å². The number of nitrogens with zero attached hydrogens (tertiary/aromatic N) is 2. The molecule has 1 amide bonds. The third-order valence-corrected chi connectivity index (χ3v) is 3.17. The normalized spacial score (nSPS) is 10.8. The molecule has 6 nitrogen and oxygen atoms in total. The highest BCUT2D eigenvalue weighted by Crippen LogP contribution is 2.16. The van der Waals surface area contributed by atoms with Crippen molar-refractivity contribution in [2.75, 3.05) is 6.54 Å². The number of carbonyl (C=O) groups is 2. The number of fused-ring (bicyclic) bond motifs is 1. The fourth-order valence-corrected chi connectivity index (χ4v) is 2.06. The van der Waals surface area contributed by atoms with Crippen molar-refractivity contribution in [3.8, 4) is 0 Å². The molecule has 0 fully saturated rings. The van der Waals surface area contributed by atoms with Crippen LogP contribution in [0.1, 0.15) is 18.7 Å². The Hall–Kier alpha value is -2.44. The summed E-state index contributed by atoms with van der Waals surface area (Å²) in [5.74, 6) is -0.891. The van der Waals surface area contributed by atoms with E-state index in [1.165, 1.54) is 12.1 Å². The van der Waals surface area contributed by atoms with Crippen LogP contribution in [-0.2, 0) is 23.1 Å². The molecule has 7 heteroatoms. The van der Waals surface area contributed by atoms with E-state index >= 15 is 0 Å². The summed E-state index contributed by atoms with van der Waals surface area (Å²) in [5.41, 5.74) is 1.40. The van der Waals surface area contributed by atoms with Gasteiger partial charge in [0.05, 0.1) is 17.5 Å². The van der Waals surface area contributed by atoms with Crippen molar-refractivity contribution in [2.45, 2.75) is 19.3 Å². The molecular weight excluding hydrogens is 277 g/mol. The number of benzene rings is 1. The van der Waals surface area contributed by atoms with Crippen LogP contribution in [0.3, 0.4) is 0 Å². The van der Waals surface area contributed by atoms with Crippen molar-refractivity contribution in [3.05, 3.63) is 29.8 Å². The third-order valence-electron chi connectivity index (χ3n) is 3.17. The lowest BCUT2D eigenvalue weighted by atomic mass is 10.3. The highest BCUT2D eigenvalue weighted by molar-refractivity contribution is 5.80. The zero-order valence-electron chi connectivity index (χ0n) is 11.6. The summed E-state index contributed by atoms with van der Waals surface area (Å²) >= 11 is 0. The van der Waals surface area contributed by atoms with Gasteiger partial charge < -0.3 is 15.0 Å². The molecule has 0 spiro atoms. The summed E-state index contributed by atoms with van der Waals surface area (Å²) in [6, 6.07) is 4.38. The number of carboxylic acid groups (broad SMARTS) is 1. The lowest BCUT2D eigenvalue weighted by Crippen LogP contribution is -2.26. The van der Waals surface area contributed by atoms with Crippen LogP contribution in [0.2, 0.25) is 0 Å². The second-order valence-electron chi connectivity index (χ2n) is 4.71. The summed E-state index contributed by atoms with van der Waals surface area (Å²) in [5, 5.41) is 11.1. The SMILES string of the molecule is Cn1c(CCNC(=O)CCC(=O)O)nc2ccc(F)cc21. The number of hydrogen-bond acceptors (Lipinski definition) is 3. The number of carbonyl (C=O) groups excluding carboxylic acids is 1. The first-order valence-electron chi connectivity index (χ1n) is 6.56. The molecule has 1 aromatic heterocycles. The molecule has 1 aromatic carbocycles. The fourth-order valence-electron chi connectivity index (χ4n) is 2.06. The maximum atomic E-state index is 13.2. The van der Waals surface area contributed by atoms with E-state index in [1.807, 2.05) is 0 Å². The van der Waals surface area contributed by atoms with Gasteiger partial charge in [-0.3, -0.25) is 9.59 Å². The largest absolute Gasteiger partial charge is 0.481 e. The van der Waals surface area contributed by atoms with E-state index in [0.717, 1.165) is 5.82 Å². The summed E-state index contributed by atoms with van der Waals surface area (Å²) < 4.78 is 15.0. The first kappa shape index (κ1) is 15.0. The Morgan fingerprint density at radius 1 is 1.38 bits per heavy atom. The zero-order chi connectivity index (χ0) is 15.4. The number of halogens is 1. The Bertz CT molecular complexity index is 681. The number of hydrogen-bond donors (Lipinski definition) is 2. The number of amides is 1. The molecule has 0 aliphatic heterocycles. The van der Waals surface area contributed by atoms with E-state index in [1.54, 1.807) is 17.7 Å². The predicted molar refractivity (Wildman–Crippen MR) is 74.3 cm³/mol. The van der Waals surface area contributed by atoms with Crippen LogP contribution in [0.25, 0.3) is 11.0 Å². The van der Waals surface area contributed by atoms with E-state index in [9.17, 15) is 14.0 Å². The third kappa shape index (κ3) is 3.77. The molecule has 0 saturated carbocycles. The van der Waals surface area contributed by atoms with Crippen LogP contribution in [-0.4, -0.2) is 33.1 Å². The Labute approximate surface area is 120 Å². The molecule has 0 bridgehead atoms. The van der Waals surface area contributed by atoms with Gasteiger partial charge >= 0.3 is 5.97 Å². The summed E-state index contributed by atoms with van der Waals surface area (Å²) in [7, 11) is 1.79. The molecule has 2 aromatic rings. The number of aromatic nitrogens is 2. The van der Waals surface area contributed by atoms with E-state index < -0.39 is 5.97 Å². The molecule has 0 aliphatic carbocycles. The van der Waals surface area contributed by atoms with Gasteiger partial charge in [0.2, 0.25) is 5.91 Å². The standard InChI is InChI=1S/C14H16FN3O3/c1-18-11-8-9(15)2-3-10(11)17-12(18)6-7-16-13(19)4-5-14(20)21/h2-3,8H,4-7H2,1H3,(H,16,19)(H,20,21). The van der Waals surface area contributed by atoms with Crippen LogP contribution < -0.4 is 5.32 Å². The number of nitrogens with one attached hydrogen (secondary N) is 1. The molecule has 1 heterocycles. The average Bonchev–Trinajstić information content (AvgIpc) is 2.73. The van der Waals surface area contributed by atoms with E-state index in [0.29, 0.717) is 24.0 Å². The van der Waals surface area contributed by atoms with Gasteiger partial charge in [-0.25, -0.2) is 9.37 Å². The topological polar surface area (TPSA) is 84.2 Å². The van der Waals surface area contributed by atoms with Crippen molar-refractivity contribution in [1.82, 2.24) is 14.9 Å². The lowest BCUT2D eigenvalue weighted by Gasteiger charge is -2.04.